The molecule has 0 saturated carbocycles. The van der Waals surface area contributed by atoms with Crippen LogP contribution in [0.25, 0.3) is 11.6 Å². The van der Waals surface area contributed by atoms with Crippen LogP contribution >= 0.6 is 0 Å². The molecule has 0 aliphatic rings. The Balaban J connectivity index is 2.55. The van der Waals surface area contributed by atoms with Crippen LogP contribution in [-0.4, -0.2) is 25.3 Å². The fourth-order valence-electron chi connectivity index (χ4n) is 2.27. The molecule has 0 aliphatic carbocycles. The van der Waals surface area contributed by atoms with Crippen molar-refractivity contribution in [3.05, 3.63) is 58.7 Å². The van der Waals surface area contributed by atoms with Gasteiger partial charge in [-0.15, -0.1) is 0 Å². The van der Waals surface area contributed by atoms with Crippen molar-refractivity contribution < 1.29 is 19.4 Å². The summed E-state index contributed by atoms with van der Waals surface area (Å²) in [7, 11) is 3.12. The van der Waals surface area contributed by atoms with Crippen molar-refractivity contribution in [2.75, 3.05) is 14.2 Å². The number of methoxy groups -OCH3 is 2. The summed E-state index contributed by atoms with van der Waals surface area (Å²) < 4.78 is 10.5. The van der Waals surface area contributed by atoms with Crippen molar-refractivity contribution in [1.82, 2.24) is 0 Å². The predicted molar refractivity (Wildman–Crippen MR) is 91.0 cm³/mol. The van der Waals surface area contributed by atoms with Gasteiger partial charge in [-0.25, -0.2) is 4.79 Å². The largest absolute Gasteiger partial charge is 0.497 e. The summed E-state index contributed by atoms with van der Waals surface area (Å²) in [6, 6.07) is 10.9. The molecular weight excluding hydrogens is 292 g/mol. The number of benzene rings is 2. The van der Waals surface area contributed by atoms with Crippen molar-refractivity contribution >= 4 is 17.6 Å². The molecule has 0 spiro atoms. The molecule has 4 nitrogen and oxygen atoms in total. The fourth-order valence-corrected chi connectivity index (χ4v) is 2.27. The van der Waals surface area contributed by atoms with E-state index in [0.29, 0.717) is 22.6 Å². The molecule has 1 N–H and O–H groups in total. The van der Waals surface area contributed by atoms with E-state index in [-0.39, 0.29) is 5.57 Å². The van der Waals surface area contributed by atoms with E-state index in [1.54, 1.807) is 38.5 Å². The van der Waals surface area contributed by atoms with Crippen LogP contribution in [0.1, 0.15) is 22.3 Å². The lowest BCUT2D eigenvalue weighted by Gasteiger charge is -2.10. The molecule has 2 rings (SSSR count). The Kier molecular flexibility index (Phi) is 5.06. The molecule has 0 aliphatic heterocycles. The van der Waals surface area contributed by atoms with Crippen LogP contribution in [0.2, 0.25) is 0 Å². The Morgan fingerprint density at radius 2 is 1.74 bits per heavy atom. The van der Waals surface area contributed by atoms with Gasteiger partial charge in [-0.3, -0.25) is 0 Å². The molecule has 0 amide bonds. The number of hydrogen-bond donors (Lipinski definition) is 1. The SMILES string of the molecule is COc1ccc(/C=C(\C(=O)O)c2ccc(C)c(C)c2)c(OC)c1. The maximum absolute atomic E-state index is 11.7. The number of carboxylic acids is 1. The van der Waals surface area contributed by atoms with E-state index < -0.39 is 5.97 Å². The van der Waals surface area contributed by atoms with Gasteiger partial charge in [0.2, 0.25) is 0 Å². The molecule has 0 atom stereocenters. The zero-order chi connectivity index (χ0) is 17.0. The smallest absolute Gasteiger partial charge is 0.336 e. The lowest BCUT2D eigenvalue weighted by molar-refractivity contribution is -0.130. The van der Waals surface area contributed by atoms with Crippen LogP contribution < -0.4 is 9.47 Å². The molecule has 0 bridgehead atoms. The maximum atomic E-state index is 11.7. The van der Waals surface area contributed by atoms with Gasteiger partial charge in [0.05, 0.1) is 19.8 Å². The number of hydrogen-bond acceptors (Lipinski definition) is 3. The average molecular weight is 312 g/mol. The zero-order valence-electron chi connectivity index (χ0n) is 13.7. The van der Waals surface area contributed by atoms with Crippen molar-refractivity contribution in [1.29, 1.82) is 0 Å². The summed E-state index contributed by atoms with van der Waals surface area (Å²) in [4.78, 5) is 11.7. The number of carbonyl (C=O) groups is 1. The normalized spacial score (nSPS) is 11.2. The lowest BCUT2D eigenvalue weighted by atomic mass is 9.98. The Labute approximate surface area is 136 Å². The van der Waals surface area contributed by atoms with Crippen LogP contribution in [0, 0.1) is 13.8 Å². The highest BCUT2D eigenvalue weighted by Gasteiger charge is 2.13. The van der Waals surface area contributed by atoms with E-state index in [2.05, 4.69) is 0 Å². The molecular formula is C19H20O4. The number of aryl methyl sites for hydroxylation is 2. The van der Waals surface area contributed by atoms with Crippen LogP contribution in [0.3, 0.4) is 0 Å². The average Bonchev–Trinajstić information content (AvgIpc) is 2.55. The molecule has 23 heavy (non-hydrogen) atoms. The number of ether oxygens (including phenoxy) is 2. The van der Waals surface area contributed by atoms with Crippen LogP contribution in [0.15, 0.2) is 36.4 Å². The molecule has 2 aromatic carbocycles. The van der Waals surface area contributed by atoms with Crippen molar-refractivity contribution in [2.24, 2.45) is 0 Å². The van der Waals surface area contributed by atoms with Gasteiger partial charge in [-0.1, -0.05) is 18.2 Å². The Morgan fingerprint density at radius 1 is 1.00 bits per heavy atom. The summed E-state index contributed by atoms with van der Waals surface area (Å²) in [5.41, 5.74) is 3.75. The van der Waals surface area contributed by atoms with Crippen molar-refractivity contribution in [2.45, 2.75) is 13.8 Å². The summed E-state index contributed by atoms with van der Waals surface area (Å²) in [6.07, 6.45) is 1.62. The third-order valence-electron chi connectivity index (χ3n) is 3.79. The first-order valence-electron chi connectivity index (χ1n) is 7.21. The van der Waals surface area contributed by atoms with Crippen LogP contribution in [0.4, 0.5) is 0 Å². The Morgan fingerprint density at radius 3 is 2.30 bits per heavy atom. The minimum Gasteiger partial charge on any atom is -0.497 e. The molecule has 0 saturated heterocycles. The highest BCUT2D eigenvalue weighted by Crippen LogP contribution is 2.29. The van der Waals surface area contributed by atoms with E-state index in [1.165, 1.54) is 0 Å². The summed E-state index contributed by atoms with van der Waals surface area (Å²) in [5.74, 6) is 0.236. The van der Waals surface area contributed by atoms with Gasteiger partial charge in [0.25, 0.3) is 0 Å². The van der Waals surface area contributed by atoms with Crippen LogP contribution in [-0.2, 0) is 4.79 Å². The minimum absolute atomic E-state index is 0.219. The molecule has 0 heterocycles. The van der Waals surface area contributed by atoms with Crippen molar-refractivity contribution in [3.8, 4) is 11.5 Å². The first kappa shape index (κ1) is 16.6. The predicted octanol–water partition coefficient (Wildman–Crippen LogP) is 3.95. The standard InChI is InChI=1S/C19H20O4/c1-12-5-6-14(9-13(12)2)17(19(20)21)10-15-7-8-16(22-3)11-18(15)23-4/h5-11H,1-4H3,(H,20,21)/b17-10-. The van der Waals surface area contributed by atoms with E-state index in [1.807, 2.05) is 32.0 Å². The highest BCUT2D eigenvalue weighted by molar-refractivity contribution is 6.20. The zero-order valence-corrected chi connectivity index (χ0v) is 13.7. The second-order valence-corrected chi connectivity index (χ2v) is 5.27. The molecule has 2 aromatic rings. The second kappa shape index (κ2) is 7.01. The monoisotopic (exact) mass is 312 g/mol. The molecule has 4 heteroatoms. The van der Waals surface area contributed by atoms with Gasteiger partial charge < -0.3 is 14.6 Å². The van der Waals surface area contributed by atoms with Gasteiger partial charge in [0.15, 0.2) is 0 Å². The summed E-state index contributed by atoms with van der Waals surface area (Å²) in [6.45, 7) is 3.96. The Hall–Kier alpha value is -2.75. The van der Waals surface area contributed by atoms with E-state index >= 15 is 0 Å². The summed E-state index contributed by atoms with van der Waals surface area (Å²) in [5, 5.41) is 9.58. The lowest BCUT2D eigenvalue weighted by Crippen LogP contribution is -2.01. The van der Waals surface area contributed by atoms with Gasteiger partial charge in [-0.05, 0) is 48.7 Å². The molecule has 0 aromatic heterocycles. The van der Waals surface area contributed by atoms with Crippen LogP contribution in [0.5, 0.6) is 11.5 Å². The first-order chi connectivity index (χ1) is 11.0. The second-order valence-electron chi connectivity index (χ2n) is 5.27. The topological polar surface area (TPSA) is 55.8 Å². The number of rotatable bonds is 5. The van der Waals surface area contributed by atoms with Gasteiger partial charge >= 0.3 is 5.97 Å². The fraction of sp³-hybridized carbons (Fsp3) is 0.211. The minimum atomic E-state index is -0.980. The quantitative estimate of drug-likeness (QED) is 0.671. The van der Waals surface area contributed by atoms with E-state index in [4.69, 9.17) is 9.47 Å². The van der Waals surface area contributed by atoms with Crippen molar-refractivity contribution in [3.63, 3.8) is 0 Å². The number of aliphatic carboxylic acids is 1. The van der Waals surface area contributed by atoms with E-state index in [0.717, 1.165) is 11.1 Å². The Bertz CT molecular complexity index is 760. The first-order valence-corrected chi connectivity index (χ1v) is 7.21. The number of carboxylic acid groups (broad SMARTS) is 1. The van der Waals surface area contributed by atoms with Gasteiger partial charge in [0, 0.05) is 11.6 Å². The summed E-state index contributed by atoms with van der Waals surface area (Å²) >= 11 is 0. The molecule has 0 fully saturated rings. The molecule has 0 radical (unpaired) electrons. The maximum Gasteiger partial charge on any atom is 0.336 e. The van der Waals surface area contributed by atoms with Gasteiger partial charge in [0.1, 0.15) is 11.5 Å². The molecule has 120 valence electrons. The third-order valence-corrected chi connectivity index (χ3v) is 3.79. The van der Waals surface area contributed by atoms with Gasteiger partial charge in [-0.2, -0.15) is 0 Å². The third kappa shape index (κ3) is 3.72. The van der Waals surface area contributed by atoms with E-state index in [9.17, 15) is 9.90 Å². The highest BCUT2D eigenvalue weighted by atomic mass is 16.5. The molecule has 0 unspecified atom stereocenters.